The maximum atomic E-state index is 9.67. The minimum Gasteiger partial charge on any atom is -0.485 e. The number of ether oxygens (including phenoxy) is 1. The number of aromatic nitrogens is 4. The van der Waals surface area contributed by atoms with Gasteiger partial charge in [-0.25, -0.2) is 0 Å². The zero-order chi connectivity index (χ0) is 13.1. The lowest BCUT2D eigenvalue weighted by Gasteiger charge is -2.13. The van der Waals surface area contributed by atoms with E-state index >= 15 is 0 Å². The molecule has 6 nitrogen and oxygen atoms in total. The zero-order valence-corrected chi connectivity index (χ0v) is 10.7. The molecule has 2 aromatic rings. The van der Waals surface area contributed by atoms with Crippen molar-refractivity contribution in [3.63, 3.8) is 0 Å². The summed E-state index contributed by atoms with van der Waals surface area (Å²) in [5, 5.41) is 21.3. The molecule has 0 fully saturated rings. The number of hydrogen-bond donors (Lipinski definition) is 1. The summed E-state index contributed by atoms with van der Waals surface area (Å²) in [5.41, 5.74) is 1.82. The Morgan fingerprint density at radius 1 is 1.44 bits per heavy atom. The predicted molar refractivity (Wildman–Crippen MR) is 64.9 cm³/mol. The van der Waals surface area contributed by atoms with Crippen LogP contribution in [0.1, 0.15) is 30.0 Å². The zero-order valence-electron chi connectivity index (χ0n) is 10.7. The van der Waals surface area contributed by atoms with Crippen molar-refractivity contribution in [2.45, 2.75) is 26.6 Å². The molecule has 0 amide bonds. The third-order valence-electron chi connectivity index (χ3n) is 2.53. The minimum atomic E-state index is -0.574. The van der Waals surface area contributed by atoms with Crippen molar-refractivity contribution >= 4 is 0 Å². The first-order chi connectivity index (χ1) is 8.56. The Labute approximate surface area is 105 Å². The van der Waals surface area contributed by atoms with Crippen molar-refractivity contribution in [3.8, 4) is 5.75 Å². The highest BCUT2D eigenvalue weighted by Crippen LogP contribution is 2.26. The van der Waals surface area contributed by atoms with Crippen LogP contribution in [0, 0.1) is 6.92 Å². The molecule has 0 saturated heterocycles. The van der Waals surface area contributed by atoms with Crippen LogP contribution in [0.25, 0.3) is 0 Å². The molecule has 1 N–H and O–H groups in total. The SMILES string of the molecule is Cc1ccc([C@H](C)O)c(OCc2nnn(C)n2)c1. The topological polar surface area (TPSA) is 73.1 Å². The summed E-state index contributed by atoms with van der Waals surface area (Å²) in [6, 6.07) is 5.69. The lowest BCUT2D eigenvalue weighted by atomic mass is 10.1. The van der Waals surface area contributed by atoms with Crippen LogP contribution in [0.4, 0.5) is 0 Å². The molecule has 1 aromatic heterocycles. The quantitative estimate of drug-likeness (QED) is 0.878. The Hall–Kier alpha value is -1.95. The Morgan fingerprint density at radius 3 is 2.83 bits per heavy atom. The second kappa shape index (κ2) is 5.14. The smallest absolute Gasteiger partial charge is 0.212 e. The maximum Gasteiger partial charge on any atom is 0.212 e. The van der Waals surface area contributed by atoms with Crippen molar-refractivity contribution in [1.29, 1.82) is 0 Å². The van der Waals surface area contributed by atoms with E-state index < -0.39 is 6.10 Å². The van der Waals surface area contributed by atoms with Crippen molar-refractivity contribution in [1.82, 2.24) is 20.2 Å². The van der Waals surface area contributed by atoms with Gasteiger partial charge in [0.05, 0.1) is 13.2 Å². The second-order valence-electron chi connectivity index (χ2n) is 4.20. The van der Waals surface area contributed by atoms with Gasteiger partial charge in [0.25, 0.3) is 0 Å². The molecule has 0 spiro atoms. The number of aryl methyl sites for hydroxylation is 2. The summed E-state index contributed by atoms with van der Waals surface area (Å²) >= 11 is 0. The summed E-state index contributed by atoms with van der Waals surface area (Å²) in [6.07, 6.45) is -0.574. The molecular formula is C12H16N4O2. The molecular weight excluding hydrogens is 232 g/mol. The summed E-state index contributed by atoms with van der Waals surface area (Å²) in [5.74, 6) is 1.16. The molecule has 0 radical (unpaired) electrons. The van der Waals surface area contributed by atoms with Crippen LogP contribution in [-0.2, 0) is 13.7 Å². The molecule has 0 aliphatic heterocycles. The first-order valence-electron chi connectivity index (χ1n) is 5.70. The number of rotatable bonds is 4. The lowest BCUT2D eigenvalue weighted by molar-refractivity contribution is 0.189. The van der Waals surface area contributed by atoms with Crippen LogP contribution in [-0.4, -0.2) is 25.3 Å². The number of nitrogens with zero attached hydrogens (tertiary/aromatic N) is 4. The van der Waals surface area contributed by atoms with Gasteiger partial charge in [0.1, 0.15) is 5.75 Å². The standard InChI is InChI=1S/C12H16N4O2/c1-8-4-5-10(9(2)17)11(6-8)18-7-12-13-15-16(3)14-12/h4-6,9,17H,7H2,1-3H3/t9-/m0/s1. The minimum absolute atomic E-state index is 0.233. The van der Waals surface area contributed by atoms with Gasteiger partial charge in [-0.1, -0.05) is 12.1 Å². The van der Waals surface area contributed by atoms with Gasteiger partial charge in [-0.15, -0.1) is 10.2 Å². The molecule has 2 rings (SSSR count). The first-order valence-corrected chi connectivity index (χ1v) is 5.70. The fourth-order valence-electron chi connectivity index (χ4n) is 1.64. The number of aliphatic hydroxyl groups is 1. The fraction of sp³-hybridized carbons (Fsp3) is 0.417. The summed E-state index contributed by atoms with van der Waals surface area (Å²) in [7, 11) is 1.70. The Kier molecular flexibility index (Phi) is 3.57. The van der Waals surface area contributed by atoms with E-state index in [0.29, 0.717) is 11.6 Å². The van der Waals surface area contributed by atoms with E-state index in [0.717, 1.165) is 11.1 Å². The van der Waals surface area contributed by atoms with E-state index in [1.807, 2.05) is 25.1 Å². The Morgan fingerprint density at radius 2 is 2.22 bits per heavy atom. The normalized spacial score (nSPS) is 12.4. The summed E-state index contributed by atoms with van der Waals surface area (Å²) in [6.45, 7) is 3.91. The van der Waals surface area contributed by atoms with E-state index in [1.165, 1.54) is 4.80 Å². The van der Waals surface area contributed by atoms with E-state index in [1.54, 1.807) is 14.0 Å². The largest absolute Gasteiger partial charge is 0.485 e. The van der Waals surface area contributed by atoms with Gasteiger partial charge in [0, 0.05) is 5.56 Å². The first kappa shape index (κ1) is 12.5. The number of aliphatic hydroxyl groups excluding tert-OH is 1. The van der Waals surface area contributed by atoms with Crippen LogP contribution in [0.5, 0.6) is 5.75 Å². The highest BCUT2D eigenvalue weighted by Gasteiger charge is 2.10. The van der Waals surface area contributed by atoms with E-state index in [-0.39, 0.29) is 6.61 Å². The van der Waals surface area contributed by atoms with Crippen LogP contribution in [0.15, 0.2) is 18.2 Å². The van der Waals surface area contributed by atoms with Crippen LogP contribution >= 0.6 is 0 Å². The van der Waals surface area contributed by atoms with Crippen LogP contribution < -0.4 is 4.74 Å². The summed E-state index contributed by atoms with van der Waals surface area (Å²) < 4.78 is 5.64. The number of hydrogen-bond acceptors (Lipinski definition) is 5. The van der Waals surface area contributed by atoms with Crippen molar-refractivity contribution in [2.24, 2.45) is 7.05 Å². The molecule has 96 valence electrons. The van der Waals surface area contributed by atoms with Gasteiger partial charge in [-0.2, -0.15) is 4.80 Å². The second-order valence-corrected chi connectivity index (χ2v) is 4.20. The van der Waals surface area contributed by atoms with Crippen LogP contribution in [0.2, 0.25) is 0 Å². The van der Waals surface area contributed by atoms with Gasteiger partial charge >= 0.3 is 0 Å². The van der Waals surface area contributed by atoms with E-state index in [2.05, 4.69) is 15.4 Å². The number of tetrazole rings is 1. The molecule has 1 aromatic carbocycles. The van der Waals surface area contributed by atoms with Gasteiger partial charge in [0.15, 0.2) is 6.61 Å². The molecule has 0 aliphatic rings. The van der Waals surface area contributed by atoms with Crippen molar-refractivity contribution < 1.29 is 9.84 Å². The van der Waals surface area contributed by atoms with Crippen LogP contribution in [0.3, 0.4) is 0 Å². The van der Waals surface area contributed by atoms with Gasteiger partial charge in [0.2, 0.25) is 5.82 Å². The lowest BCUT2D eigenvalue weighted by Crippen LogP contribution is -2.03. The highest BCUT2D eigenvalue weighted by molar-refractivity contribution is 5.38. The molecule has 1 heterocycles. The summed E-state index contributed by atoms with van der Waals surface area (Å²) in [4.78, 5) is 1.38. The third-order valence-corrected chi connectivity index (χ3v) is 2.53. The van der Waals surface area contributed by atoms with E-state index in [4.69, 9.17) is 4.74 Å². The molecule has 0 saturated carbocycles. The maximum absolute atomic E-state index is 9.67. The molecule has 0 bridgehead atoms. The van der Waals surface area contributed by atoms with Gasteiger partial charge in [-0.05, 0) is 30.7 Å². The van der Waals surface area contributed by atoms with Crippen molar-refractivity contribution in [3.05, 3.63) is 35.2 Å². The van der Waals surface area contributed by atoms with E-state index in [9.17, 15) is 5.11 Å². The average Bonchev–Trinajstić information content (AvgIpc) is 2.72. The predicted octanol–water partition coefficient (Wildman–Crippen LogP) is 1.15. The third kappa shape index (κ3) is 2.84. The van der Waals surface area contributed by atoms with Crippen molar-refractivity contribution in [2.75, 3.05) is 0 Å². The number of benzene rings is 1. The highest BCUT2D eigenvalue weighted by atomic mass is 16.5. The molecule has 0 unspecified atom stereocenters. The average molecular weight is 248 g/mol. The Balaban J connectivity index is 2.15. The molecule has 6 heteroatoms. The molecule has 1 atom stereocenters. The van der Waals surface area contributed by atoms with Gasteiger partial charge < -0.3 is 9.84 Å². The monoisotopic (exact) mass is 248 g/mol. The molecule has 18 heavy (non-hydrogen) atoms. The fourth-order valence-corrected chi connectivity index (χ4v) is 1.64. The Bertz CT molecular complexity index is 537. The van der Waals surface area contributed by atoms with Gasteiger partial charge in [-0.3, -0.25) is 0 Å². The molecule has 0 aliphatic carbocycles.